The Bertz CT molecular complexity index is 557. The number of rotatable bonds is 2. The molecule has 1 heterocycles. The maximum absolute atomic E-state index is 14.0. The van der Waals surface area contributed by atoms with Crippen molar-refractivity contribution in [2.45, 2.75) is 19.7 Å². The summed E-state index contributed by atoms with van der Waals surface area (Å²) in [7, 11) is 0. The van der Waals surface area contributed by atoms with Crippen LogP contribution >= 0.6 is 0 Å². The Morgan fingerprint density at radius 2 is 1.72 bits per heavy atom. The van der Waals surface area contributed by atoms with E-state index in [-0.39, 0.29) is 12.4 Å². The molecule has 0 aromatic heterocycles. The van der Waals surface area contributed by atoms with Crippen LogP contribution in [-0.4, -0.2) is 5.11 Å². The molecule has 1 N–H and O–H groups in total. The number of halogens is 1. The minimum atomic E-state index is -0.269. The third-order valence-corrected chi connectivity index (χ3v) is 3.38. The number of benzene rings is 2. The maximum Gasteiger partial charge on any atom is 0.146 e. The topological polar surface area (TPSA) is 23.5 Å². The van der Waals surface area contributed by atoms with Crippen LogP contribution in [0.3, 0.4) is 0 Å². The molecule has 2 aromatic carbocycles. The van der Waals surface area contributed by atoms with Crippen molar-refractivity contribution >= 4 is 5.69 Å². The van der Waals surface area contributed by atoms with Gasteiger partial charge >= 0.3 is 0 Å². The van der Waals surface area contributed by atoms with E-state index in [0.717, 1.165) is 13.1 Å². The minimum Gasteiger partial charge on any atom is -0.392 e. The van der Waals surface area contributed by atoms with Crippen molar-refractivity contribution in [3.8, 4) is 0 Å². The van der Waals surface area contributed by atoms with Crippen molar-refractivity contribution in [2.24, 2.45) is 0 Å². The third-order valence-electron chi connectivity index (χ3n) is 3.38. The number of aliphatic hydroxyl groups excluding tert-OH is 1. The predicted octanol–water partition coefficient (Wildman–Crippen LogP) is 2.84. The molecule has 0 spiro atoms. The van der Waals surface area contributed by atoms with Crippen molar-refractivity contribution in [2.75, 3.05) is 4.90 Å². The van der Waals surface area contributed by atoms with Crippen LogP contribution in [0, 0.1) is 5.82 Å². The molecule has 2 nitrogen and oxygen atoms in total. The minimum absolute atomic E-state index is 0.128. The van der Waals surface area contributed by atoms with E-state index in [1.165, 1.54) is 17.2 Å². The predicted molar refractivity (Wildman–Crippen MR) is 68.7 cm³/mol. The maximum atomic E-state index is 14.0. The van der Waals surface area contributed by atoms with Crippen LogP contribution in [-0.2, 0) is 19.7 Å². The van der Waals surface area contributed by atoms with E-state index >= 15 is 0 Å². The average molecular weight is 243 g/mol. The van der Waals surface area contributed by atoms with Crippen molar-refractivity contribution in [1.82, 2.24) is 0 Å². The van der Waals surface area contributed by atoms with Crippen LogP contribution in [0.2, 0.25) is 0 Å². The largest absolute Gasteiger partial charge is 0.392 e. The SMILES string of the molecule is OCc1ccc(N2Cc3ccccc3C2)c(F)c1. The van der Waals surface area contributed by atoms with Crippen LogP contribution in [0.5, 0.6) is 0 Å². The molecule has 3 heteroatoms. The standard InChI is InChI=1S/C15H14FNO/c16-14-7-11(10-18)5-6-15(14)17-8-12-3-1-2-4-13(12)9-17/h1-7,18H,8-10H2. The molecular weight excluding hydrogens is 229 g/mol. The van der Waals surface area contributed by atoms with Gasteiger partial charge in [0.1, 0.15) is 5.82 Å². The fourth-order valence-corrected chi connectivity index (χ4v) is 2.41. The highest BCUT2D eigenvalue weighted by Crippen LogP contribution is 2.30. The van der Waals surface area contributed by atoms with Gasteiger partial charge in [-0.2, -0.15) is 0 Å². The van der Waals surface area contributed by atoms with Gasteiger partial charge in [-0.3, -0.25) is 0 Å². The normalized spacial score (nSPS) is 13.8. The third kappa shape index (κ3) is 1.87. The summed E-state index contributed by atoms with van der Waals surface area (Å²) in [6, 6.07) is 13.1. The van der Waals surface area contributed by atoms with Crippen LogP contribution in [0.15, 0.2) is 42.5 Å². The number of hydrogen-bond acceptors (Lipinski definition) is 2. The van der Waals surface area contributed by atoms with Crippen molar-refractivity contribution in [1.29, 1.82) is 0 Å². The highest BCUT2D eigenvalue weighted by molar-refractivity contribution is 5.53. The lowest BCUT2D eigenvalue weighted by Crippen LogP contribution is -2.16. The zero-order chi connectivity index (χ0) is 12.5. The monoisotopic (exact) mass is 243 g/mol. The van der Waals surface area contributed by atoms with Gasteiger partial charge in [0.25, 0.3) is 0 Å². The first-order chi connectivity index (χ1) is 8.78. The van der Waals surface area contributed by atoms with E-state index in [4.69, 9.17) is 5.11 Å². The van der Waals surface area contributed by atoms with E-state index in [2.05, 4.69) is 12.1 Å². The molecule has 0 unspecified atom stereocenters. The fourth-order valence-electron chi connectivity index (χ4n) is 2.41. The quantitative estimate of drug-likeness (QED) is 0.876. The molecule has 3 rings (SSSR count). The number of fused-ring (bicyclic) bond motifs is 1. The molecule has 0 atom stereocenters. The molecule has 0 fully saturated rings. The molecule has 0 bridgehead atoms. The van der Waals surface area contributed by atoms with Crippen molar-refractivity contribution < 1.29 is 9.50 Å². The Balaban J connectivity index is 1.90. The van der Waals surface area contributed by atoms with Crippen LogP contribution < -0.4 is 4.90 Å². The lowest BCUT2D eigenvalue weighted by Gasteiger charge is -2.18. The first-order valence-corrected chi connectivity index (χ1v) is 5.99. The summed E-state index contributed by atoms with van der Waals surface area (Å²) in [6.45, 7) is 1.36. The summed E-state index contributed by atoms with van der Waals surface area (Å²) < 4.78 is 14.0. The Morgan fingerprint density at radius 3 is 2.28 bits per heavy atom. The molecule has 0 saturated heterocycles. The molecule has 1 aliphatic rings. The summed E-state index contributed by atoms with van der Waals surface area (Å²) in [5, 5.41) is 8.98. The second-order valence-electron chi connectivity index (χ2n) is 4.57. The van der Waals surface area contributed by atoms with Crippen molar-refractivity contribution in [3.63, 3.8) is 0 Å². The summed E-state index contributed by atoms with van der Waals surface area (Å²) in [6.07, 6.45) is 0. The zero-order valence-electron chi connectivity index (χ0n) is 9.94. The lowest BCUT2D eigenvalue weighted by atomic mass is 10.1. The zero-order valence-corrected chi connectivity index (χ0v) is 9.94. The molecule has 0 aliphatic carbocycles. The first kappa shape index (κ1) is 11.2. The number of aliphatic hydroxyl groups is 1. The Kier molecular flexibility index (Phi) is 2.76. The summed E-state index contributed by atoms with van der Waals surface area (Å²) >= 11 is 0. The van der Waals surface area contributed by atoms with E-state index < -0.39 is 0 Å². The fraction of sp³-hybridized carbons (Fsp3) is 0.200. The molecule has 18 heavy (non-hydrogen) atoms. The lowest BCUT2D eigenvalue weighted by molar-refractivity contribution is 0.281. The van der Waals surface area contributed by atoms with Gasteiger partial charge in [0.05, 0.1) is 12.3 Å². The number of nitrogens with zero attached hydrogens (tertiary/aromatic N) is 1. The van der Waals surface area contributed by atoms with Gasteiger partial charge in [0.2, 0.25) is 0 Å². The molecular formula is C15H14FNO. The smallest absolute Gasteiger partial charge is 0.146 e. The molecule has 0 saturated carbocycles. The van der Waals surface area contributed by atoms with Gasteiger partial charge in [-0.25, -0.2) is 4.39 Å². The van der Waals surface area contributed by atoms with Crippen LogP contribution in [0.25, 0.3) is 0 Å². The van der Waals surface area contributed by atoms with E-state index in [1.807, 2.05) is 17.0 Å². The average Bonchev–Trinajstić information content (AvgIpc) is 2.81. The van der Waals surface area contributed by atoms with Gasteiger partial charge < -0.3 is 10.0 Å². The van der Waals surface area contributed by atoms with E-state index in [1.54, 1.807) is 12.1 Å². The van der Waals surface area contributed by atoms with E-state index in [0.29, 0.717) is 11.3 Å². The number of hydrogen-bond donors (Lipinski definition) is 1. The highest BCUT2D eigenvalue weighted by Gasteiger charge is 2.20. The second kappa shape index (κ2) is 4.42. The van der Waals surface area contributed by atoms with Gasteiger partial charge in [0.15, 0.2) is 0 Å². The summed E-state index contributed by atoms with van der Waals surface area (Å²) in [5.41, 5.74) is 3.71. The summed E-state index contributed by atoms with van der Waals surface area (Å²) in [5.74, 6) is -0.269. The molecule has 0 radical (unpaired) electrons. The Hall–Kier alpha value is -1.87. The second-order valence-corrected chi connectivity index (χ2v) is 4.57. The van der Waals surface area contributed by atoms with Crippen LogP contribution in [0.4, 0.5) is 10.1 Å². The molecule has 1 aliphatic heterocycles. The Labute approximate surface area is 105 Å². The molecule has 92 valence electrons. The van der Waals surface area contributed by atoms with Crippen LogP contribution in [0.1, 0.15) is 16.7 Å². The van der Waals surface area contributed by atoms with Gasteiger partial charge in [-0.1, -0.05) is 30.3 Å². The molecule has 2 aromatic rings. The van der Waals surface area contributed by atoms with Gasteiger partial charge in [0, 0.05) is 13.1 Å². The van der Waals surface area contributed by atoms with Gasteiger partial charge in [-0.05, 0) is 28.8 Å². The highest BCUT2D eigenvalue weighted by atomic mass is 19.1. The van der Waals surface area contributed by atoms with E-state index in [9.17, 15) is 4.39 Å². The molecule has 0 amide bonds. The summed E-state index contributed by atoms with van der Waals surface area (Å²) in [4.78, 5) is 2.02. The van der Waals surface area contributed by atoms with Crippen molar-refractivity contribution in [3.05, 3.63) is 65.0 Å². The van der Waals surface area contributed by atoms with Gasteiger partial charge in [-0.15, -0.1) is 0 Å². The Morgan fingerprint density at radius 1 is 1.06 bits per heavy atom. The number of anilines is 1. The first-order valence-electron chi connectivity index (χ1n) is 5.99.